The maximum atomic E-state index is 12.7. The third kappa shape index (κ3) is 5.83. The molecule has 1 aliphatic heterocycles. The first-order valence-electron chi connectivity index (χ1n) is 10.8. The summed E-state index contributed by atoms with van der Waals surface area (Å²) in [4.78, 5) is 12.4. The molecular weight excluding hydrogens is 401 g/mol. The smallest absolute Gasteiger partial charge is 0.248 e. The van der Waals surface area contributed by atoms with E-state index < -0.39 is 7.14 Å². The van der Waals surface area contributed by atoms with Gasteiger partial charge >= 0.3 is 0 Å². The van der Waals surface area contributed by atoms with Gasteiger partial charge in [0.1, 0.15) is 0 Å². The van der Waals surface area contributed by atoms with Crippen molar-refractivity contribution < 1.29 is 9.36 Å². The highest BCUT2D eigenvalue weighted by Gasteiger charge is 2.26. The van der Waals surface area contributed by atoms with Gasteiger partial charge in [-0.15, -0.1) is 0 Å². The molecule has 0 spiro atoms. The average Bonchev–Trinajstić information content (AvgIpc) is 3.20. The molecule has 3 nitrogen and oxygen atoms in total. The number of carbonyl (C=O) groups excluding carboxylic acids is 1. The first-order chi connectivity index (χ1) is 15.0. The van der Waals surface area contributed by atoms with Crippen molar-refractivity contribution in [2.24, 2.45) is 0 Å². The average molecular weight is 430 g/mol. The molecule has 4 heteroatoms. The van der Waals surface area contributed by atoms with Crippen LogP contribution in [0.1, 0.15) is 29.5 Å². The molecule has 0 saturated carbocycles. The molecular formula is C27H28NO2P. The third-order valence-electron chi connectivity index (χ3n) is 5.77. The number of hydrogen-bond donors (Lipinski definition) is 1. The van der Waals surface area contributed by atoms with Crippen LogP contribution in [0.25, 0.3) is 17.2 Å². The van der Waals surface area contributed by atoms with Gasteiger partial charge in [-0.3, -0.25) is 4.79 Å². The van der Waals surface area contributed by atoms with Gasteiger partial charge in [0.2, 0.25) is 5.91 Å². The summed E-state index contributed by atoms with van der Waals surface area (Å²) in [6.07, 6.45) is 7.99. The molecule has 3 aromatic rings. The van der Waals surface area contributed by atoms with Gasteiger partial charge in [0.25, 0.3) is 0 Å². The van der Waals surface area contributed by atoms with Crippen LogP contribution in [0.4, 0.5) is 5.69 Å². The maximum Gasteiger partial charge on any atom is 0.248 e. The standard InChI is InChI=1S/C27H28NO2P/c1-21-7-12-24(13-8-21)25-6-4-5-22(19-25)11-16-27(29)28-26-14-9-23(10-15-26)20-31(30)17-2-3-18-31/h4-16,19H,2-3,17-18,20H2,1H3,(H,28,29)/b16-11+. The zero-order valence-corrected chi connectivity index (χ0v) is 18.8. The molecule has 0 aromatic heterocycles. The highest BCUT2D eigenvalue weighted by atomic mass is 31.2. The van der Waals surface area contributed by atoms with Crippen LogP contribution in [0, 0.1) is 6.92 Å². The van der Waals surface area contributed by atoms with Crippen molar-refractivity contribution in [2.75, 3.05) is 17.6 Å². The van der Waals surface area contributed by atoms with Crippen LogP contribution in [0.5, 0.6) is 0 Å². The summed E-state index contributed by atoms with van der Waals surface area (Å²) in [7, 11) is -2.01. The van der Waals surface area contributed by atoms with Gasteiger partial charge in [-0.1, -0.05) is 60.2 Å². The predicted molar refractivity (Wildman–Crippen MR) is 131 cm³/mol. The molecule has 1 heterocycles. The first kappa shape index (κ1) is 21.3. The fourth-order valence-electron chi connectivity index (χ4n) is 4.02. The van der Waals surface area contributed by atoms with Crippen molar-refractivity contribution in [3.05, 3.63) is 95.6 Å². The molecule has 0 bridgehead atoms. The van der Waals surface area contributed by atoms with Crippen molar-refractivity contribution in [2.45, 2.75) is 25.9 Å². The van der Waals surface area contributed by atoms with E-state index in [2.05, 4.69) is 48.6 Å². The zero-order valence-electron chi connectivity index (χ0n) is 17.9. The van der Waals surface area contributed by atoms with Crippen LogP contribution in [0.2, 0.25) is 0 Å². The van der Waals surface area contributed by atoms with Crippen molar-refractivity contribution in [3.63, 3.8) is 0 Å². The lowest BCUT2D eigenvalue weighted by atomic mass is 10.0. The highest BCUT2D eigenvalue weighted by molar-refractivity contribution is 7.63. The molecule has 158 valence electrons. The molecule has 1 aliphatic rings. The van der Waals surface area contributed by atoms with Gasteiger partial charge in [0.05, 0.1) is 7.14 Å². The minimum absolute atomic E-state index is 0.169. The molecule has 1 saturated heterocycles. The molecule has 0 aliphatic carbocycles. The monoisotopic (exact) mass is 429 g/mol. The highest BCUT2D eigenvalue weighted by Crippen LogP contribution is 2.54. The van der Waals surface area contributed by atoms with Crippen molar-refractivity contribution >= 4 is 24.8 Å². The number of benzene rings is 3. The normalized spacial score (nSPS) is 15.3. The Morgan fingerprint density at radius 2 is 1.65 bits per heavy atom. The summed E-state index contributed by atoms with van der Waals surface area (Å²) in [5, 5.41) is 2.90. The lowest BCUT2D eigenvalue weighted by Gasteiger charge is -2.11. The van der Waals surface area contributed by atoms with E-state index in [9.17, 15) is 9.36 Å². The minimum Gasteiger partial charge on any atom is -0.323 e. The molecule has 4 rings (SSSR count). The zero-order chi connectivity index (χ0) is 21.7. The quantitative estimate of drug-likeness (QED) is 0.340. The number of amides is 1. The summed E-state index contributed by atoms with van der Waals surface area (Å²) in [5.41, 5.74) is 6.33. The third-order valence-corrected chi connectivity index (χ3v) is 8.98. The van der Waals surface area contributed by atoms with Crippen LogP contribution in [0.15, 0.2) is 78.9 Å². The summed E-state index contributed by atoms with van der Waals surface area (Å²) in [5.74, 6) is -0.169. The van der Waals surface area contributed by atoms with Gasteiger partial charge in [-0.25, -0.2) is 0 Å². The Labute approximate surface area is 184 Å². The lowest BCUT2D eigenvalue weighted by Crippen LogP contribution is -2.07. The number of hydrogen-bond acceptors (Lipinski definition) is 2. The van der Waals surface area contributed by atoms with E-state index in [1.165, 1.54) is 5.56 Å². The Balaban J connectivity index is 1.37. The molecule has 1 amide bonds. The van der Waals surface area contributed by atoms with Crippen molar-refractivity contribution in [1.82, 2.24) is 0 Å². The van der Waals surface area contributed by atoms with Gasteiger partial charge in [-0.2, -0.15) is 0 Å². The Kier molecular flexibility index (Phi) is 6.53. The number of aryl methyl sites for hydroxylation is 1. The Bertz CT molecular complexity index is 1120. The van der Waals surface area contributed by atoms with Crippen LogP contribution >= 0.6 is 7.14 Å². The summed E-state index contributed by atoms with van der Waals surface area (Å²) in [6.45, 7) is 2.08. The topological polar surface area (TPSA) is 46.2 Å². The SMILES string of the molecule is Cc1ccc(-c2cccc(/C=C/C(=O)Nc3ccc(CP4(=O)CCCC4)cc3)c2)cc1. The van der Waals surface area contributed by atoms with Crippen LogP contribution < -0.4 is 5.32 Å². The molecule has 1 fully saturated rings. The fourth-order valence-corrected chi connectivity index (χ4v) is 7.04. The van der Waals surface area contributed by atoms with Crippen molar-refractivity contribution in [3.8, 4) is 11.1 Å². The molecule has 1 N–H and O–H groups in total. The van der Waals surface area contributed by atoms with Crippen LogP contribution in [-0.4, -0.2) is 18.2 Å². The fraction of sp³-hybridized carbons (Fsp3) is 0.222. The summed E-state index contributed by atoms with van der Waals surface area (Å²) >= 11 is 0. The van der Waals surface area contributed by atoms with E-state index >= 15 is 0 Å². The van der Waals surface area contributed by atoms with Gasteiger partial charge in [0, 0.05) is 30.2 Å². The molecule has 0 atom stereocenters. The van der Waals surface area contributed by atoms with Gasteiger partial charge in [-0.05, 0) is 66.3 Å². The molecule has 0 unspecified atom stereocenters. The van der Waals surface area contributed by atoms with Gasteiger partial charge in [0.15, 0.2) is 0 Å². The molecule has 0 radical (unpaired) electrons. The van der Waals surface area contributed by atoms with E-state index in [1.807, 2.05) is 42.5 Å². The minimum atomic E-state index is -2.01. The second kappa shape index (κ2) is 9.49. The van der Waals surface area contributed by atoms with E-state index in [4.69, 9.17) is 0 Å². The van der Waals surface area contributed by atoms with Gasteiger partial charge < -0.3 is 9.88 Å². The number of rotatable bonds is 6. The number of carbonyl (C=O) groups is 1. The Morgan fingerprint density at radius 3 is 2.35 bits per heavy atom. The Hall–Kier alpha value is -2.90. The second-order valence-corrected chi connectivity index (χ2v) is 11.7. The predicted octanol–water partition coefficient (Wildman–Crippen LogP) is 6.97. The lowest BCUT2D eigenvalue weighted by molar-refractivity contribution is -0.111. The Morgan fingerprint density at radius 1 is 0.935 bits per heavy atom. The van der Waals surface area contributed by atoms with Crippen LogP contribution in [-0.2, 0) is 15.5 Å². The second-order valence-electron chi connectivity index (χ2n) is 8.38. The maximum absolute atomic E-state index is 12.7. The first-order valence-corrected chi connectivity index (χ1v) is 13.1. The molecule has 3 aromatic carbocycles. The number of anilines is 1. The molecule has 31 heavy (non-hydrogen) atoms. The summed E-state index contributed by atoms with van der Waals surface area (Å²) < 4.78 is 12.7. The number of nitrogens with one attached hydrogen (secondary N) is 1. The largest absolute Gasteiger partial charge is 0.323 e. The van der Waals surface area contributed by atoms with E-state index in [0.717, 1.165) is 53.1 Å². The van der Waals surface area contributed by atoms with Crippen LogP contribution in [0.3, 0.4) is 0 Å². The van der Waals surface area contributed by atoms with E-state index in [1.54, 1.807) is 6.08 Å². The van der Waals surface area contributed by atoms with Crippen molar-refractivity contribution in [1.29, 1.82) is 0 Å². The van der Waals surface area contributed by atoms with E-state index in [-0.39, 0.29) is 5.91 Å². The van der Waals surface area contributed by atoms with E-state index in [0.29, 0.717) is 6.16 Å². The summed E-state index contributed by atoms with van der Waals surface area (Å²) in [6, 6.07) is 24.3.